The first-order valence-corrected chi connectivity index (χ1v) is 6.17. The minimum absolute atomic E-state index is 0.430. The summed E-state index contributed by atoms with van der Waals surface area (Å²) < 4.78 is 7.45. The van der Waals surface area contributed by atoms with Gasteiger partial charge in [0.15, 0.2) is 0 Å². The van der Waals surface area contributed by atoms with Crippen LogP contribution in [0.25, 0.3) is 0 Å². The van der Waals surface area contributed by atoms with Crippen molar-refractivity contribution in [1.29, 1.82) is 5.26 Å². The van der Waals surface area contributed by atoms with Crippen molar-refractivity contribution in [1.82, 2.24) is 4.67 Å². The number of nitriles is 1. The van der Waals surface area contributed by atoms with E-state index in [1.165, 1.54) is 12.8 Å². The van der Waals surface area contributed by atoms with Crippen LogP contribution in [0.15, 0.2) is 0 Å². The summed E-state index contributed by atoms with van der Waals surface area (Å²) >= 11 is 5.98. The summed E-state index contributed by atoms with van der Waals surface area (Å²) in [5.41, 5.74) is 0. The highest BCUT2D eigenvalue weighted by Gasteiger charge is 2.20. The molecule has 1 atom stereocenters. The third-order valence-corrected chi connectivity index (χ3v) is 3.89. The second-order valence-corrected chi connectivity index (χ2v) is 4.77. The number of hydrogen-bond donors (Lipinski definition) is 0. The highest BCUT2D eigenvalue weighted by Crippen LogP contribution is 2.48. The van der Waals surface area contributed by atoms with Gasteiger partial charge in [-0.05, 0) is 24.1 Å². The highest BCUT2D eigenvalue weighted by molar-refractivity contribution is 7.78. The van der Waals surface area contributed by atoms with Gasteiger partial charge in [-0.3, -0.25) is 0 Å². The van der Waals surface area contributed by atoms with E-state index < -0.39 is 7.65 Å². The average Bonchev–Trinajstić information content (AvgIpc) is 2.56. The largest absolute Gasteiger partial charge is 0.330 e. The first-order valence-electron chi connectivity index (χ1n) is 4.05. The second-order valence-electron chi connectivity index (χ2n) is 2.63. The lowest BCUT2D eigenvalue weighted by atomic mass is 10.4. The third kappa shape index (κ3) is 3.25. The molecule has 1 heterocycles. The van der Waals surface area contributed by atoms with Crippen molar-refractivity contribution in [2.45, 2.75) is 19.3 Å². The van der Waals surface area contributed by atoms with Crippen LogP contribution in [0.4, 0.5) is 0 Å². The van der Waals surface area contributed by atoms with E-state index in [9.17, 15) is 0 Å². The predicted molar refractivity (Wildman–Crippen MR) is 49.8 cm³/mol. The van der Waals surface area contributed by atoms with Crippen molar-refractivity contribution in [2.75, 3.05) is 19.7 Å². The van der Waals surface area contributed by atoms with Gasteiger partial charge < -0.3 is 4.52 Å². The standard InChI is InChI=1S/C7H12ClN2OP/c8-12(11-7-3-4-9)10-5-1-2-6-10/h1-3,5-7H2. The molecular weight excluding hydrogens is 195 g/mol. The van der Waals surface area contributed by atoms with Crippen LogP contribution in [-0.4, -0.2) is 24.4 Å². The zero-order chi connectivity index (χ0) is 8.81. The summed E-state index contributed by atoms with van der Waals surface area (Å²) in [7, 11) is -0.939. The lowest BCUT2D eigenvalue weighted by molar-refractivity contribution is 0.336. The van der Waals surface area contributed by atoms with Gasteiger partial charge in [0.2, 0.25) is 7.65 Å². The highest BCUT2D eigenvalue weighted by atomic mass is 35.7. The normalized spacial score (nSPS) is 20.7. The molecule has 0 saturated carbocycles. The van der Waals surface area contributed by atoms with Crippen LogP contribution in [0.5, 0.6) is 0 Å². The SMILES string of the molecule is N#CCCOP(Cl)N1CCCC1. The Morgan fingerprint density at radius 1 is 1.50 bits per heavy atom. The molecule has 5 heteroatoms. The maximum Gasteiger partial charge on any atom is 0.206 e. The Hall–Kier alpha value is 0.130. The van der Waals surface area contributed by atoms with Gasteiger partial charge in [0.1, 0.15) is 0 Å². The molecule has 0 aliphatic carbocycles. The van der Waals surface area contributed by atoms with Crippen molar-refractivity contribution in [3.05, 3.63) is 0 Å². The molecule has 0 aromatic heterocycles. The number of hydrogen-bond acceptors (Lipinski definition) is 3. The quantitative estimate of drug-likeness (QED) is 0.524. The van der Waals surface area contributed by atoms with E-state index in [1.807, 2.05) is 6.07 Å². The molecule has 3 nitrogen and oxygen atoms in total. The van der Waals surface area contributed by atoms with Crippen LogP contribution in [0, 0.1) is 11.3 Å². The summed E-state index contributed by atoms with van der Waals surface area (Å²) in [6.07, 6.45) is 2.86. The summed E-state index contributed by atoms with van der Waals surface area (Å²) in [6, 6.07) is 2.02. The molecule has 0 bridgehead atoms. The van der Waals surface area contributed by atoms with Crippen LogP contribution in [0.3, 0.4) is 0 Å². The van der Waals surface area contributed by atoms with Crippen LogP contribution in [0.1, 0.15) is 19.3 Å². The molecule has 0 aromatic carbocycles. The van der Waals surface area contributed by atoms with Crippen LogP contribution < -0.4 is 0 Å². The molecule has 1 aliphatic heterocycles. The summed E-state index contributed by atoms with van der Waals surface area (Å²) in [5, 5.41) is 8.26. The topological polar surface area (TPSA) is 36.3 Å². The molecule has 0 spiro atoms. The Balaban J connectivity index is 2.10. The molecule has 0 aromatic rings. The van der Waals surface area contributed by atoms with Crippen LogP contribution >= 0.6 is 18.9 Å². The van der Waals surface area contributed by atoms with Crippen molar-refractivity contribution >= 4 is 18.9 Å². The summed E-state index contributed by atoms with van der Waals surface area (Å²) in [4.78, 5) is 0. The first-order chi connectivity index (χ1) is 5.84. The Labute approximate surface area is 78.9 Å². The van der Waals surface area contributed by atoms with E-state index in [0.29, 0.717) is 13.0 Å². The molecule has 1 aliphatic rings. The fourth-order valence-corrected chi connectivity index (χ4v) is 2.77. The predicted octanol–water partition coefficient (Wildman–Crippen LogP) is 2.48. The lowest BCUT2D eigenvalue weighted by Gasteiger charge is -2.19. The summed E-state index contributed by atoms with van der Waals surface area (Å²) in [5.74, 6) is 0. The second kappa shape index (κ2) is 5.72. The fraction of sp³-hybridized carbons (Fsp3) is 0.857. The Bertz CT molecular complexity index is 167. The van der Waals surface area contributed by atoms with E-state index in [4.69, 9.17) is 21.0 Å². The van der Waals surface area contributed by atoms with E-state index >= 15 is 0 Å². The zero-order valence-electron chi connectivity index (χ0n) is 6.87. The van der Waals surface area contributed by atoms with E-state index in [-0.39, 0.29) is 0 Å². The minimum atomic E-state index is -0.939. The molecule has 0 N–H and O–H groups in total. The van der Waals surface area contributed by atoms with Gasteiger partial charge in [0.25, 0.3) is 0 Å². The molecule has 0 amide bonds. The maximum absolute atomic E-state index is 8.26. The molecule has 12 heavy (non-hydrogen) atoms. The third-order valence-electron chi connectivity index (χ3n) is 1.72. The Morgan fingerprint density at radius 3 is 2.75 bits per heavy atom. The average molecular weight is 207 g/mol. The Morgan fingerprint density at radius 2 is 2.17 bits per heavy atom. The number of rotatable bonds is 4. The summed E-state index contributed by atoms with van der Waals surface area (Å²) in [6.45, 7) is 2.55. The van der Waals surface area contributed by atoms with E-state index in [2.05, 4.69) is 4.67 Å². The van der Waals surface area contributed by atoms with Gasteiger partial charge in [0, 0.05) is 13.1 Å². The number of nitrogens with zero attached hydrogens (tertiary/aromatic N) is 2. The van der Waals surface area contributed by atoms with Crippen molar-refractivity contribution < 1.29 is 4.52 Å². The van der Waals surface area contributed by atoms with Crippen LogP contribution in [0.2, 0.25) is 0 Å². The van der Waals surface area contributed by atoms with Crippen LogP contribution in [-0.2, 0) is 4.52 Å². The van der Waals surface area contributed by atoms with Gasteiger partial charge in [-0.15, -0.1) is 0 Å². The molecular formula is C7H12ClN2OP. The van der Waals surface area contributed by atoms with Gasteiger partial charge in [-0.25, -0.2) is 4.67 Å². The molecule has 0 radical (unpaired) electrons. The molecule has 1 saturated heterocycles. The minimum Gasteiger partial charge on any atom is -0.330 e. The van der Waals surface area contributed by atoms with Gasteiger partial charge in [-0.2, -0.15) is 5.26 Å². The van der Waals surface area contributed by atoms with E-state index in [1.54, 1.807) is 0 Å². The molecule has 1 unspecified atom stereocenters. The monoisotopic (exact) mass is 206 g/mol. The molecule has 1 rings (SSSR count). The molecule has 68 valence electrons. The van der Waals surface area contributed by atoms with Crippen molar-refractivity contribution in [3.63, 3.8) is 0 Å². The van der Waals surface area contributed by atoms with Gasteiger partial charge >= 0.3 is 0 Å². The van der Waals surface area contributed by atoms with E-state index in [0.717, 1.165) is 13.1 Å². The lowest BCUT2D eigenvalue weighted by Crippen LogP contribution is -2.11. The van der Waals surface area contributed by atoms with Gasteiger partial charge in [0.05, 0.1) is 19.1 Å². The molecule has 1 fully saturated rings. The van der Waals surface area contributed by atoms with Crippen molar-refractivity contribution in [2.24, 2.45) is 0 Å². The fourth-order valence-electron chi connectivity index (χ4n) is 1.11. The smallest absolute Gasteiger partial charge is 0.206 e. The Kier molecular flexibility index (Phi) is 4.87. The van der Waals surface area contributed by atoms with Gasteiger partial charge in [-0.1, -0.05) is 0 Å². The van der Waals surface area contributed by atoms with Crippen molar-refractivity contribution in [3.8, 4) is 6.07 Å². The number of halogens is 1. The first kappa shape index (κ1) is 10.2. The zero-order valence-corrected chi connectivity index (χ0v) is 8.52. The maximum atomic E-state index is 8.26.